The molecule has 12 heteroatoms. The second-order valence-electron chi connectivity index (χ2n) is 2.42. The second kappa shape index (κ2) is 19.3. The fourth-order valence-electron chi connectivity index (χ4n) is 0.684. The summed E-state index contributed by atoms with van der Waals surface area (Å²) >= 11 is 0. The first-order valence-electron chi connectivity index (χ1n) is 3.11. The quantitative estimate of drug-likeness (QED) is 0.481. The zero-order chi connectivity index (χ0) is 10.6. The molecule has 18 heavy (non-hydrogen) atoms. The Kier molecular flexibility index (Phi) is 40.8. The third-order valence-electron chi connectivity index (χ3n) is 1.25. The summed E-state index contributed by atoms with van der Waals surface area (Å²) in [6.07, 6.45) is -2.72. The number of hydrogen-bond donors (Lipinski definition) is 1. The van der Waals surface area contributed by atoms with Gasteiger partial charge in [-0.1, -0.05) is 0 Å². The molecule has 0 atom stereocenters. The molecule has 82 valence electrons. The van der Waals surface area contributed by atoms with Gasteiger partial charge in [-0.2, -0.15) is 0 Å². The van der Waals surface area contributed by atoms with E-state index in [-0.39, 0.29) is 189 Å². The largest absolute Gasteiger partial charge is 1.00 e. The maximum atomic E-state index is 10.1. The first-order valence-corrected chi connectivity index (χ1v) is 3.11. The Hall–Kier alpha value is 4.24. The van der Waals surface area contributed by atoms with Gasteiger partial charge in [-0.25, -0.2) is 0 Å². The summed E-state index contributed by atoms with van der Waals surface area (Å²) in [6.45, 7) is 0. The van der Waals surface area contributed by atoms with Crippen LogP contribution in [0, 0.1) is 0 Å². The van der Waals surface area contributed by atoms with Crippen molar-refractivity contribution < 1.29 is 224 Å². The molecule has 0 aliphatic heterocycles. The van der Waals surface area contributed by atoms with Crippen LogP contribution < -0.4 is 199 Å². The van der Waals surface area contributed by atoms with E-state index in [2.05, 4.69) is 0 Å². The zero-order valence-corrected chi connectivity index (χ0v) is 22.2. The molecular weight excluding hydrogens is 340 g/mol. The van der Waals surface area contributed by atoms with Crippen LogP contribution in [0.1, 0.15) is 12.8 Å². The third-order valence-corrected chi connectivity index (χ3v) is 1.25. The monoisotopic (exact) mass is 347 g/mol. The van der Waals surface area contributed by atoms with Crippen molar-refractivity contribution in [1.29, 1.82) is 0 Å². The number of aliphatic carboxylic acids is 3. The number of carbonyl (C=O) groups is 3. The molecule has 0 aliphatic carbocycles. The topological polar surface area (TPSA) is 172 Å². The molecular formula is C6H7K3NaO8+. The van der Waals surface area contributed by atoms with E-state index in [0.717, 1.165) is 0 Å². The maximum Gasteiger partial charge on any atom is 1.00 e. The number of rotatable bonds is 5. The molecule has 0 spiro atoms. The van der Waals surface area contributed by atoms with Crippen molar-refractivity contribution in [3.63, 3.8) is 0 Å². The molecule has 0 heterocycles. The van der Waals surface area contributed by atoms with Gasteiger partial charge in [0.05, 0.1) is 5.97 Å². The first-order chi connectivity index (χ1) is 5.78. The van der Waals surface area contributed by atoms with Gasteiger partial charge in [0.25, 0.3) is 0 Å². The summed E-state index contributed by atoms with van der Waals surface area (Å²) in [7, 11) is 0. The Morgan fingerprint density at radius 3 is 1.22 bits per heavy atom. The van der Waals surface area contributed by atoms with Crippen LogP contribution >= 0.6 is 0 Å². The first kappa shape index (κ1) is 38.0. The molecule has 0 unspecified atom stereocenters. The van der Waals surface area contributed by atoms with Crippen molar-refractivity contribution in [3.05, 3.63) is 0 Å². The van der Waals surface area contributed by atoms with Crippen molar-refractivity contribution in [2.45, 2.75) is 18.4 Å². The van der Waals surface area contributed by atoms with Gasteiger partial charge in [0.15, 0.2) is 0 Å². The van der Waals surface area contributed by atoms with Crippen molar-refractivity contribution in [3.8, 4) is 0 Å². The summed E-state index contributed by atoms with van der Waals surface area (Å²) in [5.41, 5.74) is -2.97. The molecule has 0 aliphatic rings. The molecule has 0 rings (SSSR count). The van der Waals surface area contributed by atoms with Gasteiger partial charge in [-0.05, 0) is 0 Å². The number of carboxylic acid groups (broad SMARTS) is 3. The van der Waals surface area contributed by atoms with Crippen LogP contribution in [0.4, 0.5) is 0 Å². The Bertz CT molecular complexity index is 245. The van der Waals surface area contributed by atoms with Gasteiger partial charge >= 0.3 is 184 Å². The van der Waals surface area contributed by atoms with Crippen LogP contribution in [-0.4, -0.2) is 34.1 Å². The van der Waals surface area contributed by atoms with Crippen LogP contribution in [0.15, 0.2) is 0 Å². The van der Waals surface area contributed by atoms with E-state index in [4.69, 9.17) is 5.11 Å². The summed E-state index contributed by atoms with van der Waals surface area (Å²) in [5, 5.41) is 38.9. The van der Waals surface area contributed by atoms with Crippen molar-refractivity contribution in [2.24, 2.45) is 0 Å². The number of carboxylic acids is 3. The van der Waals surface area contributed by atoms with Crippen LogP contribution in [0.3, 0.4) is 0 Å². The van der Waals surface area contributed by atoms with E-state index in [0.29, 0.717) is 0 Å². The average molecular weight is 347 g/mol. The third kappa shape index (κ3) is 18.3. The molecule has 0 saturated carbocycles. The Balaban J connectivity index is -0.0000000720. The van der Waals surface area contributed by atoms with Gasteiger partial charge in [-0.15, -0.1) is 0 Å². The van der Waals surface area contributed by atoms with Gasteiger partial charge in [-0.3, -0.25) is 0 Å². The predicted octanol–water partition coefficient (Wildman–Crippen LogP) is -18.1. The fraction of sp³-hybridized carbons (Fsp3) is 0.500. The molecule has 8 nitrogen and oxygen atoms in total. The molecule has 0 aromatic carbocycles. The van der Waals surface area contributed by atoms with Crippen molar-refractivity contribution in [2.75, 3.05) is 0 Å². The maximum absolute atomic E-state index is 10.1. The van der Waals surface area contributed by atoms with E-state index in [1.54, 1.807) is 0 Å². The predicted molar refractivity (Wildman–Crippen MR) is 32.8 cm³/mol. The summed E-state index contributed by atoms with van der Waals surface area (Å²) in [6, 6.07) is 0. The van der Waals surface area contributed by atoms with Gasteiger partial charge in [0, 0.05) is 24.8 Å². The molecule has 0 amide bonds. The normalized spacial score (nSPS) is 7.83. The molecule has 3 N–H and O–H groups in total. The summed E-state index contributed by atoms with van der Waals surface area (Å²) in [5.74, 6) is -5.98. The SMILES string of the molecule is O.O=C([O-])CC(O)(CC(=O)[O-])C(=O)[O-].[K+].[K+].[K+].[Na+]. The minimum atomic E-state index is -2.97. The summed E-state index contributed by atoms with van der Waals surface area (Å²) < 4.78 is 0. The smallest absolute Gasteiger partial charge is 0.550 e. The molecule has 0 radical (unpaired) electrons. The fourth-order valence-corrected chi connectivity index (χ4v) is 0.684. The van der Waals surface area contributed by atoms with Crippen LogP contribution in [0.2, 0.25) is 0 Å². The number of hydrogen-bond acceptors (Lipinski definition) is 7. The molecule has 0 saturated heterocycles. The Morgan fingerprint density at radius 2 is 1.11 bits per heavy atom. The van der Waals surface area contributed by atoms with Crippen LogP contribution in [0.5, 0.6) is 0 Å². The van der Waals surface area contributed by atoms with Gasteiger partial charge < -0.3 is 40.3 Å². The van der Waals surface area contributed by atoms with Crippen molar-refractivity contribution in [1.82, 2.24) is 0 Å². The van der Waals surface area contributed by atoms with Crippen LogP contribution in [-0.2, 0) is 14.4 Å². The van der Waals surface area contributed by atoms with Gasteiger partial charge in [0.1, 0.15) is 5.60 Å². The molecule has 0 fully saturated rings. The molecule has 0 bridgehead atoms. The minimum Gasteiger partial charge on any atom is -0.550 e. The number of aliphatic hydroxyl groups is 1. The molecule has 0 aromatic heterocycles. The summed E-state index contributed by atoms with van der Waals surface area (Å²) in [4.78, 5) is 30.0. The van der Waals surface area contributed by atoms with E-state index in [9.17, 15) is 29.7 Å². The zero-order valence-electron chi connectivity index (χ0n) is 10.8. The Labute approximate surface area is 253 Å². The molecule has 0 aromatic rings. The standard InChI is InChI=1S/C6H8O7.3K.Na.H2O/c7-3(8)1-6(13,5(11)12)2-4(9)10;;;;;/h13H,1-2H2,(H,7,8)(H,9,10)(H,11,12);;;;;1H2/q;4*+1;/p-3. The second-order valence-corrected chi connectivity index (χ2v) is 2.42. The average Bonchev–Trinajstić information content (AvgIpc) is 1.82. The van der Waals surface area contributed by atoms with Gasteiger partial charge in [0.2, 0.25) is 0 Å². The minimum absolute atomic E-state index is 0. The number of carbonyl (C=O) groups excluding carboxylic acids is 3. The van der Waals surface area contributed by atoms with E-state index in [1.807, 2.05) is 0 Å². The van der Waals surface area contributed by atoms with E-state index < -0.39 is 36.4 Å². The Morgan fingerprint density at radius 1 is 0.889 bits per heavy atom. The van der Waals surface area contributed by atoms with Crippen LogP contribution in [0.25, 0.3) is 0 Å². The van der Waals surface area contributed by atoms with Crippen molar-refractivity contribution >= 4 is 17.9 Å². The van der Waals surface area contributed by atoms with E-state index in [1.165, 1.54) is 0 Å². The van der Waals surface area contributed by atoms with E-state index >= 15 is 0 Å².